The second-order valence-corrected chi connectivity index (χ2v) is 9.23. The van der Waals surface area contributed by atoms with Gasteiger partial charge in [0.15, 0.2) is 5.58 Å². The zero-order chi connectivity index (χ0) is 24.6. The summed E-state index contributed by atoms with van der Waals surface area (Å²) in [5.41, 5.74) is 2.61. The highest BCUT2D eigenvalue weighted by atomic mass is 19.1. The molecule has 2 aliphatic rings. The molecule has 1 aromatic heterocycles. The van der Waals surface area contributed by atoms with Crippen LogP contribution in [0, 0.1) is 22.6 Å². The number of halogens is 1. The van der Waals surface area contributed by atoms with Crippen molar-refractivity contribution in [3.63, 3.8) is 0 Å². The molecule has 2 saturated heterocycles. The molecule has 0 bridgehead atoms. The van der Waals surface area contributed by atoms with Crippen molar-refractivity contribution in [2.45, 2.75) is 18.6 Å². The van der Waals surface area contributed by atoms with Gasteiger partial charge < -0.3 is 24.5 Å². The summed E-state index contributed by atoms with van der Waals surface area (Å²) in [4.78, 5) is 24.4. The minimum Gasteiger partial charge on any atom is -0.408 e. The Morgan fingerprint density at radius 2 is 2.06 bits per heavy atom. The average Bonchev–Trinajstić information content (AvgIpc) is 3.00. The van der Waals surface area contributed by atoms with E-state index in [0.717, 1.165) is 5.56 Å². The molecule has 182 valence electrons. The van der Waals surface area contributed by atoms with Crippen LogP contribution in [-0.4, -0.2) is 55.5 Å². The standard InChI is InChI=1S/C25H25FN4O5/c1-30-20-8-16(4-5-21(20)35-24(30)32)15-2-3-17(19(26)7-15)6-18(9-27)29-23(31)22-10-28-11-25(14-34-22)12-33-13-25/h2-5,7-8,18,22,28H,6,10-14H2,1H3,(H,29,31)/t18-,22-/m0/s1. The molecule has 3 aromatic rings. The number of amides is 1. The van der Waals surface area contributed by atoms with E-state index in [9.17, 15) is 19.2 Å². The molecule has 2 N–H and O–H groups in total. The van der Waals surface area contributed by atoms with Crippen LogP contribution < -0.4 is 16.4 Å². The van der Waals surface area contributed by atoms with Crippen LogP contribution in [0.5, 0.6) is 0 Å². The first kappa shape index (κ1) is 23.2. The number of carbonyl (C=O) groups is 1. The Balaban J connectivity index is 1.26. The van der Waals surface area contributed by atoms with E-state index in [1.54, 1.807) is 37.4 Å². The highest BCUT2D eigenvalue weighted by Gasteiger charge is 2.42. The highest BCUT2D eigenvalue weighted by Crippen LogP contribution is 2.29. The van der Waals surface area contributed by atoms with Crippen LogP contribution >= 0.6 is 0 Å². The number of hydrogen-bond acceptors (Lipinski definition) is 7. The molecule has 10 heteroatoms. The van der Waals surface area contributed by atoms with Crippen LogP contribution in [0.25, 0.3) is 22.2 Å². The van der Waals surface area contributed by atoms with Crippen molar-refractivity contribution < 1.29 is 23.1 Å². The topological polar surface area (TPSA) is 119 Å². The molecular formula is C25H25FN4O5. The van der Waals surface area contributed by atoms with Crippen LogP contribution in [0.1, 0.15) is 5.56 Å². The predicted octanol–water partition coefficient (Wildman–Crippen LogP) is 1.49. The summed E-state index contributed by atoms with van der Waals surface area (Å²) in [6.07, 6.45) is -0.714. The van der Waals surface area contributed by atoms with Gasteiger partial charge in [0, 0.05) is 26.6 Å². The van der Waals surface area contributed by atoms with Gasteiger partial charge in [-0.2, -0.15) is 5.26 Å². The first-order chi connectivity index (χ1) is 16.9. The average molecular weight is 480 g/mol. The number of oxazole rings is 1. The van der Waals surface area contributed by atoms with Gasteiger partial charge in [-0.15, -0.1) is 0 Å². The molecule has 2 atom stereocenters. The number of rotatable bonds is 5. The van der Waals surface area contributed by atoms with Gasteiger partial charge in [-0.25, -0.2) is 9.18 Å². The third-order valence-corrected chi connectivity index (χ3v) is 6.60. The lowest BCUT2D eigenvalue weighted by Gasteiger charge is -2.39. The maximum atomic E-state index is 15.0. The zero-order valence-electron chi connectivity index (χ0n) is 19.2. The lowest BCUT2D eigenvalue weighted by Crippen LogP contribution is -2.51. The van der Waals surface area contributed by atoms with Gasteiger partial charge in [0.1, 0.15) is 18.0 Å². The van der Waals surface area contributed by atoms with Crippen LogP contribution in [0.15, 0.2) is 45.6 Å². The Morgan fingerprint density at radius 3 is 2.77 bits per heavy atom. The van der Waals surface area contributed by atoms with E-state index in [0.29, 0.717) is 55.1 Å². The van der Waals surface area contributed by atoms with Gasteiger partial charge in [0.2, 0.25) is 0 Å². The van der Waals surface area contributed by atoms with Gasteiger partial charge >= 0.3 is 5.76 Å². The number of nitrogens with zero attached hydrogens (tertiary/aromatic N) is 2. The van der Waals surface area contributed by atoms with E-state index in [1.165, 1.54) is 10.6 Å². The van der Waals surface area contributed by atoms with E-state index < -0.39 is 29.6 Å². The lowest BCUT2D eigenvalue weighted by atomic mass is 9.87. The van der Waals surface area contributed by atoms with Crippen LogP contribution in [0.2, 0.25) is 0 Å². The van der Waals surface area contributed by atoms with Gasteiger partial charge in [0.25, 0.3) is 5.91 Å². The Kier molecular flexibility index (Phi) is 6.15. The molecule has 3 heterocycles. The quantitative estimate of drug-likeness (QED) is 0.568. The molecule has 5 rings (SSSR count). The summed E-state index contributed by atoms with van der Waals surface area (Å²) < 4.78 is 32.5. The monoisotopic (exact) mass is 480 g/mol. The number of benzene rings is 2. The third kappa shape index (κ3) is 4.58. The second-order valence-electron chi connectivity index (χ2n) is 9.23. The van der Waals surface area contributed by atoms with Gasteiger partial charge in [-0.3, -0.25) is 9.36 Å². The molecule has 1 spiro atoms. The van der Waals surface area contributed by atoms with Crippen LogP contribution in [0.3, 0.4) is 0 Å². The van der Waals surface area contributed by atoms with Crippen molar-refractivity contribution >= 4 is 17.0 Å². The molecule has 35 heavy (non-hydrogen) atoms. The van der Waals surface area contributed by atoms with Crippen LogP contribution in [-0.2, 0) is 27.7 Å². The summed E-state index contributed by atoms with van der Waals surface area (Å²) in [5, 5.41) is 15.5. The van der Waals surface area contributed by atoms with E-state index >= 15 is 0 Å². The first-order valence-electron chi connectivity index (χ1n) is 11.4. The third-order valence-electron chi connectivity index (χ3n) is 6.60. The lowest BCUT2D eigenvalue weighted by molar-refractivity contribution is -0.154. The number of nitriles is 1. The molecule has 0 aliphatic carbocycles. The van der Waals surface area contributed by atoms with Gasteiger partial charge in [-0.1, -0.05) is 18.2 Å². The molecule has 0 radical (unpaired) electrons. The van der Waals surface area contributed by atoms with E-state index in [1.807, 2.05) is 6.07 Å². The summed E-state index contributed by atoms with van der Waals surface area (Å²) in [6, 6.07) is 11.0. The molecule has 2 aliphatic heterocycles. The fourth-order valence-electron chi connectivity index (χ4n) is 4.41. The number of hydrogen-bond donors (Lipinski definition) is 2. The van der Waals surface area contributed by atoms with Crippen molar-refractivity contribution in [3.8, 4) is 17.2 Å². The number of aryl methyl sites for hydroxylation is 1. The summed E-state index contributed by atoms with van der Waals surface area (Å²) >= 11 is 0. The fraction of sp³-hybridized carbons (Fsp3) is 0.400. The molecule has 9 nitrogen and oxygen atoms in total. The minimum atomic E-state index is -0.910. The summed E-state index contributed by atoms with van der Waals surface area (Å²) in [7, 11) is 1.61. The number of aromatic nitrogens is 1. The summed E-state index contributed by atoms with van der Waals surface area (Å²) in [6.45, 7) is 2.64. The maximum absolute atomic E-state index is 15.0. The normalized spacial score (nSPS) is 20.1. The Bertz CT molecular complexity index is 1370. The number of carbonyl (C=O) groups excluding carboxylic acids is 1. The van der Waals surface area contributed by atoms with Crippen molar-refractivity contribution in [1.29, 1.82) is 5.26 Å². The summed E-state index contributed by atoms with van der Waals surface area (Å²) in [5.74, 6) is -1.36. The minimum absolute atomic E-state index is 0.0154. The molecule has 0 saturated carbocycles. The molecule has 2 fully saturated rings. The van der Waals surface area contributed by atoms with E-state index in [4.69, 9.17) is 13.9 Å². The van der Waals surface area contributed by atoms with Gasteiger partial charge in [0.05, 0.1) is 36.8 Å². The van der Waals surface area contributed by atoms with E-state index in [2.05, 4.69) is 10.6 Å². The van der Waals surface area contributed by atoms with Crippen LogP contribution in [0.4, 0.5) is 4.39 Å². The number of nitrogens with one attached hydrogen (secondary N) is 2. The Hall–Kier alpha value is -3.52. The zero-order valence-corrected chi connectivity index (χ0v) is 19.2. The van der Waals surface area contributed by atoms with Crippen molar-refractivity contribution in [3.05, 3.63) is 58.3 Å². The SMILES string of the molecule is Cn1c(=O)oc2ccc(-c3ccc(C[C@@H](C#N)NC(=O)[C@@H]4CNCC5(COC5)CO4)c(F)c3)cc21. The fourth-order valence-corrected chi connectivity index (χ4v) is 4.41. The largest absolute Gasteiger partial charge is 0.419 e. The maximum Gasteiger partial charge on any atom is 0.419 e. The molecule has 1 amide bonds. The molecule has 0 unspecified atom stereocenters. The molecular weight excluding hydrogens is 455 g/mol. The Morgan fingerprint density at radius 1 is 1.29 bits per heavy atom. The highest BCUT2D eigenvalue weighted by molar-refractivity contribution is 5.82. The molecule has 2 aromatic carbocycles. The second kappa shape index (κ2) is 9.26. The van der Waals surface area contributed by atoms with E-state index in [-0.39, 0.29) is 11.8 Å². The predicted molar refractivity (Wildman–Crippen MR) is 124 cm³/mol. The van der Waals surface area contributed by atoms with Gasteiger partial charge in [-0.05, 0) is 34.9 Å². The number of ether oxygens (including phenoxy) is 2. The smallest absolute Gasteiger partial charge is 0.408 e. The van der Waals surface area contributed by atoms with Crippen molar-refractivity contribution in [2.75, 3.05) is 32.9 Å². The Labute approximate surface area is 200 Å². The van der Waals surface area contributed by atoms with Crippen molar-refractivity contribution in [2.24, 2.45) is 12.5 Å². The van der Waals surface area contributed by atoms with Crippen molar-refractivity contribution in [1.82, 2.24) is 15.2 Å². The number of fused-ring (bicyclic) bond motifs is 1. The first-order valence-corrected chi connectivity index (χ1v) is 11.4.